The summed E-state index contributed by atoms with van der Waals surface area (Å²) in [6.45, 7) is 0.921. The predicted molar refractivity (Wildman–Crippen MR) is 317 cm³/mol. The van der Waals surface area contributed by atoms with E-state index in [1.807, 2.05) is 19.1 Å². The van der Waals surface area contributed by atoms with Gasteiger partial charge in [-0.3, -0.25) is 52.7 Å². The first-order chi connectivity index (χ1) is 41.6. The van der Waals surface area contributed by atoms with Gasteiger partial charge in [-0.05, 0) is 78.8 Å². The van der Waals surface area contributed by atoms with E-state index in [-0.39, 0.29) is 63.0 Å². The van der Waals surface area contributed by atoms with Crippen molar-refractivity contribution in [3.8, 4) is 11.5 Å². The quantitative estimate of drug-likeness (QED) is 0.0688. The summed E-state index contributed by atoms with van der Waals surface area (Å²) in [5, 5.41) is 52.0. The Kier molecular flexibility index (Phi) is 22.6. The van der Waals surface area contributed by atoms with E-state index in [4.69, 9.17) is 0 Å². The zero-order chi connectivity index (χ0) is 62.8. The van der Waals surface area contributed by atoms with Crippen molar-refractivity contribution in [2.75, 3.05) is 33.2 Å². The first kappa shape index (κ1) is 64.7. The molecule has 0 radical (unpaired) electrons. The number of aromatic hydroxyl groups is 2. The van der Waals surface area contributed by atoms with Gasteiger partial charge in [-0.1, -0.05) is 99.0 Å². The molecule has 0 saturated carbocycles. The van der Waals surface area contributed by atoms with Gasteiger partial charge < -0.3 is 72.6 Å². The summed E-state index contributed by atoms with van der Waals surface area (Å²) < 4.78 is 0. The number of unbranched alkanes of at least 4 members (excludes halogenated alkanes) is 2. The number of H-pyrrole nitrogens is 1. The second kappa shape index (κ2) is 30.3. The van der Waals surface area contributed by atoms with Crippen LogP contribution >= 0.6 is 0 Å². The van der Waals surface area contributed by atoms with E-state index in [0.29, 0.717) is 40.5 Å². The van der Waals surface area contributed by atoms with Gasteiger partial charge in [0.2, 0.25) is 59.1 Å². The normalized spacial score (nSPS) is 23.0. The van der Waals surface area contributed by atoms with Crippen LogP contribution in [-0.4, -0.2) is 170 Å². The van der Waals surface area contributed by atoms with Crippen molar-refractivity contribution in [2.24, 2.45) is 0 Å². The number of nitrogens with one attached hydrogen (secondary N) is 9. The Morgan fingerprint density at radius 1 is 0.586 bits per heavy atom. The molecule has 4 aromatic carbocycles. The van der Waals surface area contributed by atoms with Crippen LogP contribution in [0.3, 0.4) is 0 Å². The summed E-state index contributed by atoms with van der Waals surface area (Å²) in [5.74, 6) is -10.3. The van der Waals surface area contributed by atoms with E-state index in [1.165, 1.54) is 43.4 Å². The van der Waals surface area contributed by atoms with Crippen molar-refractivity contribution >= 4 is 75.9 Å². The number of amides is 10. The molecule has 2 aliphatic heterocycles. The van der Waals surface area contributed by atoms with Crippen LogP contribution in [0, 0.1) is 0 Å². The number of phenolic OH excluding ortho intramolecular Hbond substituents is 2. The maximum absolute atomic E-state index is 14.8. The Hall–Kier alpha value is -9.81. The second-order valence-corrected chi connectivity index (χ2v) is 22.1. The SMILES string of the molecule is CCCCC[C@@H]1NC(=O)[C@H](Cc2ccc(O)cc2)NC(=O)[C@H](Cc2ccccc2)N(C)C(=O)CNC(=O)CNC(=O)[C@H]2CCCN2C(=O)[C@](C)(CC(=O)O)NC(=O)[C@H](Cc2ccc(O)cc2)NC(=O)CNC(=O)[C@H](Cc2c[nH]c3ccccc23)NC1=O. The number of aromatic amines is 1. The van der Waals surface area contributed by atoms with Gasteiger partial charge in [0.25, 0.3) is 0 Å². The lowest BCUT2D eigenvalue weighted by Crippen LogP contribution is -2.64. The van der Waals surface area contributed by atoms with Crippen LogP contribution in [0.2, 0.25) is 0 Å². The lowest BCUT2D eigenvalue weighted by molar-refractivity contribution is -0.150. The monoisotopic (exact) mass is 1200 g/mol. The largest absolute Gasteiger partial charge is 0.508 e. The molecule has 2 aliphatic rings. The van der Waals surface area contributed by atoms with Gasteiger partial charge in [-0.15, -0.1) is 0 Å². The molecule has 12 N–H and O–H groups in total. The summed E-state index contributed by atoms with van der Waals surface area (Å²) >= 11 is 0. The first-order valence-corrected chi connectivity index (χ1v) is 28.9. The Balaban J connectivity index is 1.25. The van der Waals surface area contributed by atoms with Gasteiger partial charge in [0.15, 0.2) is 0 Å². The van der Waals surface area contributed by atoms with Crippen LogP contribution in [0.15, 0.2) is 109 Å². The molecule has 0 bridgehead atoms. The van der Waals surface area contributed by atoms with Crippen LogP contribution in [0.1, 0.15) is 81.0 Å². The molecule has 0 aliphatic carbocycles. The number of aliphatic carboxylic acids is 1. The maximum atomic E-state index is 14.8. The molecule has 25 nitrogen and oxygen atoms in total. The van der Waals surface area contributed by atoms with Gasteiger partial charge in [-0.25, -0.2) is 0 Å². The fraction of sp³-hybridized carbons (Fsp3) is 0.403. The number of hydrogen-bond donors (Lipinski definition) is 12. The van der Waals surface area contributed by atoms with Crippen LogP contribution in [0.4, 0.5) is 0 Å². The van der Waals surface area contributed by atoms with Gasteiger partial charge >= 0.3 is 5.97 Å². The fourth-order valence-electron chi connectivity index (χ4n) is 10.6. The van der Waals surface area contributed by atoms with E-state index >= 15 is 0 Å². The number of fused-ring (bicyclic) bond motifs is 2. The van der Waals surface area contributed by atoms with E-state index in [2.05, 4.69) is 47.5 Å². The number of carbonyl (C=O) groups excluding carboxylic acids is 10. The molecule has 462 valence electrons. The predicted octanol–water partition coefficient (Wildman–Crippen LogP) is 0.899. The summed E-state index contributed by atoms with van der Waals surface area (Å²) in [7, 11) is 1.34. The molecule has 5 aromatic rings. The Morgan fingerprint density at radius 3 is 1.80 bits per heavy atom. The van der Waals surface area contributed by atoms with Gasteiger partial charge in [-0.2, -0.15) is 0 Å². The molecule has 7 atom stereocenters. The minimum atomic E-state index is -2.24. The Morgan fingerprint density at radius 2 is 1.15 bits per heavy atom. The maximum Gasteiger partial charge on any atom is 0.306 e. The zero-order valence-electron chi connectivity index (χ0n) is 48.7. The van der Waals surface area contributed by atoms with E-state index < -0.39 is 133 Å². The van der Waals surface area contributed by atoms with Crippen LogP contribution in [0.25, 0.3) is 10.9 Å². The number of carbonyl (C=O) groups is 11. The fourth-order valence-corrected chi connectivity index (χ4v) is 10.6. The molecule has 87 heavy (non-hydrogen) atoms. The number of aromatic nitrogens is 1. The van der Waals surface area contributed by atoms with Gasteiger partial charge in [0.1, 0.15) is 53.3 Å². The molecule has 7 rings (SSSR count). The van der Waals surface area contributed by atoms with Crippen LogP contribution in [0.5, 0.6) is 11.5 Å². The highest BCUT2D eigenvalue weighted by atomic mass is 16.4. The van der Waals surface area contributed by atoms with Crippen LogP contribution in [-0.2, 0) is 78.4 Å². The average Bonchev–Trinajstić information content (AvgIpc) is 2.61. The topological polar surface area (TPSA) is 367 Å². The number of carboxylic acid groups (broad SMARTS) is 1. The van der Waals surface area contributed by atoms with E-state index in [0.717, 1.165) is 28.7 Å². The molecule has 0 spiro atoms. The number of benzene rings is 4. The zero-order valence-corrected chi connectivity index (χ0v) is 48.7. The highest BCUT2D eigenvalue weighted by Gasteiger charge is 2.46. The third kappa shape index (κ3) is 18.1. The second-order valence-electron chi connectivity index (χ2n) is 22.1. The van der Waals surface area contributed by atoms with Crippen molar-refractivity contribution in [1.82, 2.24) is 57.3 Å². The highest BCUT2D eigenvalue weighted by molar-refractivity contribution is 6.01. The highest BCUT2D eigenvalue weighted by Crippen LogP contribution is 2.25. The summed E-state index contributed by atoms with van der Waals surface area (Å²) in [5.41, 5.74) is 0.591. The number of para-hydroxylation sites is 1. The minimum absolute atomic E-state index is 0.0520. The molecular formula is C62H75N11O14. The number of hydrogen-bond acceptors (Lipinski definition) is 13. The molecule has 2 saturated heterocycles. The summed E-state index contributed by atoms with van der Waals surface area (Å²) in [6.07, 6.45) is 2.24. The lowest BCUT2D eigenvalue weighted by Gasteiger charge is -2.36. The number of rotatable bonds is 14. The molecule has 10 amide bonds. The van der Waals surface area contributed by atoms with Crippen molar-refractivity contribution in [3.63, 3.8) is 0 Å². The molecule has 1 aromatic heterocycles. The van der Waals surface area contributed by atoms with Crippen molar-refractivity contribution in [3.05, 3.63) is 132 Å². The van der Waals surface area contributed by atoms with Gasteiger partial charge in [0, 0.05) is 56.4 Å². The van der Waals surface area contributed by atoms with E-state index in [1.54, 1.807) is 60.8 Å². The number of likely N-dealkylation sites (N-methyl/N-ethyl adjacent to an activating group) is 1. The molecule has 3 heterocycles. The minimum Gasteiger partial charge on any atom is -0.508 e. The first-order valence-electron chi connectivity index (χ1n) is 28.9. The molecule has 2 fully saturated rings. The van der Waals surface area contributed by atoms with Crippen molar-refractivity contribution < 1.29 is 68.1 Å². The summed E-state index contributed by atoms with van der Waals surface area (Å²) in [4.78, 5) is 161. The van der Waals surface area contributed by atoms with Gasteiger partial charge in [0.05, 0.1) is 26.1 Å². The molecule has 0 unspecified atom stereocenters. The van der Waals surface area contributed by atoms with Crippen molar-refractivity contribution in [2.45, 2.75) is 126 Å². The standard InChI is InChI=1S/C62H75N11O14/c1-4-5-7-17-45-56(82)69-48(31-40-33-63-44-16-11-10-15-43(40)44)55(81)65-35-52(77)67-47(29-39-21-25-42(75)26-22-39)58(84)71-62(2,32-54(79)80)61(87)73-27-12-18-49(73)59(85)66-34-51(76)64-36-53(78)72(3)50(30-37-13-8-6-9-14-37)60(86)70-46(57(83)68-45)28-38-19-23-41(74)24-20-38/h6,8-11,13-16,19-26,33,45-50,63,74-75H,4-5,7,12,17-18,27-32,34-36H2,1-3H3,(H,64,76)(H,65,81)(H,66,85)(H,67,77)(H,68,83)(H,69,82)(H,70,86)(H,71,84)(H,79,80)/t45-,46-,47-,48-,49+,50-,62-/m0/s1. The molecular weight excluding hydrogens is 1120 g/mol. The van der Waals surface area contributed by atoms with Crippen LogP contribution < -0.4 is 42.5 Å². The van der Waals surface area contributed by atoms with Crippen molar-refractivity contribution in [1.29, 1.82) is 0 Å². The third-order valence-electron chi connectivity index (χ3n) is 15.4. The number of phenols is 2. The smallest absolute Gasteiger partial charge is 0.306 e. The Labute approximate surface area is 502 Å². The number of carboxylic acids is 1. The average molecular weight is 1200 g/mol. The molecule has 25 heteroatoms. The number of nitrogens with zero attached hydrogens (tertiary/aromatic N) is 2. The third-order valence-corrected chi connectivity index (χ3v) is 15.4. The summed E-state index contributed by atoms with van der Waals surface area (Å²) in [6, 6.07) is 19.1. The lowest BCUT2D eigenvalue weighted by atomic mass is 9.93. The van der Waals surface area contributed by atoms with E-state index in [9.17, 15) is 68.1 Å². The Bertz CT molecular complexity index is 3300.